The maximum atomic E-state index is 12.7. The van der Waals surface area contributed by atoms with Crippen molar-refractivity contribution in [3.8, 4) is 0 Å². The van der Waals surface area contributed by atoms with E-state index in [9.17, 15) is 14.0 Å². The monoisotopic (exact) mass is 211 g/mol. The number of ether oxygens (including phenoxy) is 1. The number of hydrogen-bond acceptors (Lipinski definition) is 3. The Morgan fingerprint density at radius 2 is 2.13 bits per heavy atom. The number of primary amides is 1. The summed E-state index contributed by atoms with van der Waals surface area (Å²) in [5.41, 5.74) is 4.95. The van der Waals surface area contributed by atoms with E-state index in [1.165, 1.54) is 25.1 Å². The van der Waals surface area contributed by atoms with Crippen molar-refractivity contribution >= 4 is 11.9 Å². The first-order valence-corrected chi connectivity index (χ1v) is 4.26. The fourth-order valence-corrected chi connectivity index (χ4v) is 0.902. The Bertz CT molecular complexity index is 392. The number of rotatable bonds is 3. The summed E-state index contributed by atoms with van der Waals surface area (Å²) < 4.78 is 17.4. The maximum absolute atomic E-state index is 12.7. The molecule has 0 aliphatic heterocycles. The molecule has 0 bridgehead atoms. The topological polar surface area (TPSA) is 69.4 Å². The second kappa shape index (κ2) is 4.54. The molecule has 0 spiro atoms. The molecule has 0 radical (unpaired) electrons. The Morgan fingerprint density at radius 1 is 1.47 bits per heavy atom. The Labute approximate surface area is 85.8 Å². The third-order valence-corrected chi connectivity index (χ3v) is 1.74. The third-order valence-electron chi connectivity index (χ3n) is 1.74. The van der Waals surface area contributed by atoms with Crippen LogP contribution in [0.3, 0.4) is 0 Å². The van der Waals surface area contributed by atoms with Gasteiger partial charge in [-0.15, -0.1) is 0 Å². The van der Waals surface area contributed by atoms with Gasteiger partial charge in [-0.2, -0.15) is 0 Å². The van der Waals surface area contributed by atoms with Crippen molar-refractivity contribution < 1.29 is 18.7 Å². The van der Waals surface area contributed by atoms with Crippen molar-refractivity contribution in [1.29, 1.82) is 0 Å². The zero-order valence-corrected chi connectivity index (χ0v) is 8.07. The van der Waals surface area contributed by atoms with Crippen LogP contribution in [-0.4, -0.2) is 18.0 Å². The Balaban J connectivity index is 2.73. The highest BCUT2D eigenvalue weighted by Crippen LogP contribution is 2.06. The van der Waals surface area contributed by atoms with Crippen LogP contribution >= 0.6 is 0 Å². The largest absolute Gasteiger partial charge is 0.449 e. The Kier molecular flexibility index (Phi) is 3.38. The summed E-state index contributed by atoms with van der Waals surface area (Å²) in [6, 6.07) is 4.99. The molecule has 5 heteroatoms. The van der Waals surface area contributed by atoms with Crippen LogP contribution in [0.1, 0.15) is 17.3 Å². The molecule has 1 aromatic rings. The maximum Gasteiger partial charge on any atom is 0.339 e. The van der Waals surface area contributed by atoms with E-state index in [1.54, 1.807) is 0 Å². The van der Waals surface area contributed by atoms with Crippen LogP contribution in [0.2, 0.25) is 0 Å². The van der Waals surface area contributed by atoms with Crippen molar-refractivity contribution in [1.82, 2.24) is 0 Å². The summed E-state index contributed by atoms with van der Waals surface area (Å²) in [5.74, 6) is -2.07. The number of amides is 1. The van der Waals surface area contributed by atoms with E-state index >= 15 is 0 Å². The summed E-state index contributed by atoms with van der Waals surface area (Å²) in [6.07, 6.45) is -1.03. The normalized spacial score (nSPS) is 11.9. The summed E-state index contributed by atoms with van der Waals surface area (Å²) in [4.78, 5) is 21.9. The lowest BCUT2D eigenvalue weighted by Crippen LogP contribution is -2.30. The quantitative estimate of drug-likeness (QED) is 0.754. The highest BCUT2D eigenvalue weighted by Gasteiger charge is 2.16. The molecule has 15 heavy (non-hydrogen) atoms. The van der Waals surface area contributed by atoms with E-state index in [0.29, 0.717) is 0 Å². The summed E-state index contributed by atoms with van der Waals surface area (Å²) in [6.45, 7) is 1.35. The van der Waals surface area contributed by atoms with Crippen LogP contribution in [-0.2, 0) is 9.53 Å². The predicted molar refractivity (Wildman–Crippen MR) is 50.5 cm³/mol. The smallest absolute Gasteiger partial charge is 0.339 e. The fraction of sp³-hybridized carbons (Fsp3) is 0.200. The SMILES string of the molecule is C[C@@H](OC(=O)c1cccc(F)c1)C(N)=O. The molecule has 0 saturated carbocycles. The number of benzene rings is 1. The van der Waals surface area contributed by atoms with Gasteiger partial charge in [0.05, 0.1) is 5.56 Å². The predicted octanol–water partition coefficient (Wildman–Crippen LogP) is 0.856. The zero-order valence-electron chi connectivity index (χ0n) is 8.07. The molecule has 4 nitrogen and oxygen atoms in total. The van der Waals surface area contributed by atoms with Gasteiger partial charge >= 0.3 is 5.97 Å². The van der Waals surface area contributed by atoms with Gasteiger partial charge in [0.25, 0.3) is 5.91 Å². The first-order chi connectivity index (χ1) is 7.00. The fourth-order valence-electron chi connectivity index (χ4n) is 0.902. The average Bonchev–Trinajstić information content (AvgIpc) is 2.17. The molecule has 2 N–H and O–H groups in total. The standard InChI is InChI=1S/C10H10FNO3/c1-6(9(12)13)15-10(14)7-3-2-4-8(11)5-7/h2-6H,1H3,(H2,12,13)/t6-/m1/s1. The van der Waals surface area contributed by atoms with Crippen LogP contribution < -0.4 is 5.73 Å². The van der Waals surface area contributed by atoms with Crippen molar-refractivity contribution in [3.05, 3.63) is 35.6 Å². The van der Waals surface area contributed by atoms with Gasteiger partial charge in [0.2, 0.25) is 0 Å². The Morgan fingerprint density at radius 3 is 2.67 bits per heavy atom. The molecule has 1 amide bonds. The van der Waals surface area contributed by atoms with Gasteiger partial charge in [0, 0.05) is 0 Å². The van der Waals surface area contributed by atoms with Gasteiger partial charge in [0.1, 0.15) is 5.82 Å². The van der Waals surface area contributed by atoms with E-state index in [4.69, 9.17) is 5.73 Å². The van der Waals surface area contributed by atoms with E-state index in [0.717, 1.165) is 6.07 Å². The number of esters is 1. The molecular formula is C10H10FNO3. The number of hydrogen-bond donors (Lipinski definition) is 1. The molecule has 0 aliphatic carbocycles. The van der Waals surface area contributed by atoms with Gasteiger partial charge in [-0.25, -0.2) is 9.18 Å². The first kappa shape index (κ1) is 11.2. The van der Waals surface area contributed by atoms with Gasteiger partial charge in [-0.05, 0) is 25.1 Å². The minimum Gasteiger partial charge on any atom is -0.449 e. The van der Waals surface area contributed by atoms with E-state index in [-0.39, 0.29) is 5.56 Å². The van der Waals surface area contributed by atoms with E-state index < -0.39 is 23.8 Å². The summed E-state index contributed by atoms with van der Waals surface area (Å²) in [7, 11) is 0. The second-order valence-corrected chi connectivity index (χ2v) is 2.96. The highest BCUT2D eigenvalue weighted by atomic mass is 19.1. The lowest BCUT2D eigenvalue weighted by Gasteiger charge is -2.09. The molecule has 0 saturated heterocycles. The number of carbonyl (C=O) groups excluding carboxylic acids is 2. The summed E-state index contributed by atoms with van der Waals surface area (Å²) in [5, 5.41) is 0. The van der Waals surface area contributed by atoms with E-state index in [1.807, 2.05) is 0 Å². The lowest BCUT2D eigenvalue weighted by molar-refractivity contribution is -0.125. The molecule has 0 heterocycles. The first-order valence-electron chi connectivity index (χ1n) is 4.26. The number of nitrogens with two attached hydrogens (primary N) is 1. The molecule has 1 aromatic carbocycles. The Hall–Kier alpha value is -1.91. The van der Waals surface area contributed by atoms with Crippen molar-refractivity contribution in [3.63, 3.8) is 0 Å². The lowest BCUT2D eigenvalue weighted by atomic mass is 10.2. The van der Waals surface area contributed by atoms with Crippen LogP contribution in [0.5, 0.6) is 0 Å². The number of carbonyl (C=O) groups is 2. The van der Waals surface area contributed by atoms with Crippen LogP contribution in [0.4, 0.5) is 4.39 Å². The van der Waals surface area contributed by atoms with E-state index in [2.05, 4.69) is 4.74 Å². The minimum absolute atomic E-state index is 0.0445. The van der Waals surface area contributed by atoms with Crippen LogP contribution in [0.25, 0.3) is 0 Å². The van der Waals surface area contributed by atoms with Gasteiger partial charge in [-0.1, -0.05) is 6.07 Å². The van der Waals surface area contributed by atoms with Crippen LogP contribution in [0, 0.1) is 5.82 Å². The molecule has 0 aliphatic rings. The number of halogens is 1. The zero-order chi connectivity index (χ0) is 11.4. The molecular weight excluding hydrogens is 201 g/mol. The summed E-state index contributed by atoms with van der Waals surface area (Å²) >= 11 is 0. The van der Waals surface area contributed by atoms with Crippen molar-refractivity contribution in [2.75, 3.05) is 0 Å². The molecule has 0 unspecified atom stereocenters. The molecule has 0 fully saturated rings. The van der Waals surface area contributed by atoms with Crippen molar-refractivity contribution in [2.45, 2.75) is 13.0 Å². The molecule has 80 valence electrons. The second-order valence-electron chi connectivity index (χ2n) is 2.96. The van der Waals surface area contributed by atoms with Crippen molar-refractivity contribution in [2.24, 2.45) is 5.73 Å². The highest BCUT2D eigenvalue weighted by molar-refractivity contribution is 5.91. The van der Waals surface area contributed by atoms with Gasteiger partial charge < -0.3 is 10.5 Å². The molecule has 1 atom stereocenters. The third kappa shape index (κ3) is 3.05. The van der Waals surface area contributed by atoms with Gasteiger partial charge in [0.15, 0.2) is 6.10 Å². The molecule has 1 rings (SSSR count). The van der Waals surface area contributed by atoms with Gasteiger partial charge in [-0.3, -0.25) is 4.79 Å². The minimum atomic E-state index is -1.03. The average molecular weight is 211 g/mol. The molecule has 0 aromatic heterocycles. The van der Waals surface area contributed by atoms with Crippen LogP contribution in [0.15, 0.2) is 24.3 Å².